The van der Waals surface area contributed by atoms with E-state index in [0.717, 1.165) is 12.8 Å². The maximum atomic E-state index is 11.6. The highest BCUT2D eigenvalue weighted by Gasteiger charge is 2.47. The number of rotatable bonds is 8. The second-order valence-electron chi connectivity index (χ2n) is 4.06. The van der Waals surface area contributed by atoms with Crippen molar-refractivity contribution < 1.29 is 29.6 Å². The number of esters is 1. The Morgan fingerprint density at radius 2 is 1.82 bits per heavy atom. The lowest BCUT2D eigenvalue weighted by Gasteiger charge is -2.24. The number of hydrogen-bond acceptors (Lipinski definition) is 5. The number of aliphatic hydroxyl groups is 2. The van der Waals surface area contributed by atoms with Crippen molar-refractivity contribution in [1.29, 1.82) is 0 Å². The molecular weight excluding hydrogens is 228 g/mol. The van der Waals surface area contributed by atoms with E-state index in [2.05, 4.69) is 0 Å². The molecule has 0 bridgehead atoms. The average Bonchev–Trinajstić information content (AvgIpc) is 2.28. The summed E-state index contributed by atoms with van der Waals surface area (Å²) in [5, 5.41) is 26.8. The van der Waals surface area contributed by atoms with E-state index in [1.165, 1.54) is 0 Å². The molecule has 0 saturated carbocycles. The van der Waals surface area contributed by atoms with Crippen molar-refractivity contribution in [1.82, 2.24) is 0 Å². The number of carboxylic acids is 1. The van der Waals surface area contributed by atoms with Gasteiger partial charge in [0, 0.05) is 0 Å². The van der Waals surface area contributed by atoms with Crippen LogP contribution in [0.15, 0.2) is 0 Å². The van der Waals surface area contributed by atoms with E-state index in [4.69, 9.17) is 20.1 Å². The maximum absolute atomic E-state index is 11.6. The standard InChI is InChI=1S/C11H20O6/c1-3-4-5-8(2)17-10(16)11(6-12,7-13)9(14)15/h8,12-13H,3-7H2,1-2H3,(H,14,15). The first-order chi connectivity index (χ1) is 7.94. The van der Waals surface area contributed by atoms with Crippen LogP contribution in [-0.2, 0) is 14.3 Å². The summed E-state index contributed by atoms with van der Waals surface area (Å²) in [5.74, 6) is -2.69. The molecule has 0 fully saturated rings. The molecule has 17 heavy (non-hydrogen) atoms. The zero-order valence-electron chi connectivity index (χ0n) is 10.2. The summed E-state index contributed by atoms with van der Waals surface area (Å²) in [7, 11) is 0. The van der Waals surface area contributed by atoms with Gasteiger partial charge in [-0.3, -0.25) is 9.59 Å². The lowest BCUT2D eigenvalue weighted by Crippen LogP contribution is -2.47. The van der Waals surface area contributed by atoms with Crippen LogP contribution in [-0.4, -0.2) is 46.6 Å². The van der Waals surface area contributed by atoms with Gasteiger partial charge in [0.1, 0.15) is 0 Å². The van der Waals surface area contributed by atoms with Crippen LogP contribution < -0.4 is 0 Å². The third-order valence-electron chi connectivity index (χ3n) is 2.61. The quantitative estimate of drug-likeness (QED) is 0.417. The summed E-state index contributed by atoms with van der Waals surface area (Å²) >= 11 is 0. The number of carboxylic acid groups (broad SMARTS) is 1. The van der Waals surface area contributed by atoms with Gasteiger partial charge in [0.15, 0.2) is 0 Å². The van der Waals surface area contributed by atoms with Gasteiger partial charge in [-0.1, -0.05) is 19.8 Å². The van der Waals surface area contributed by atoms with Crippen molar-refractivity contribution >= 4 is 11.9 Å². The van der Waals surface area contributed by atoms with E-state index in [1.807, 2.05) is 6.92 Å². The van der Waals surface area contributed by atoms with Gasteiger partial charge in [-0.15, -0.1) is 0 Å². The van der Waals surface area contributed by atoms with Gasteiger partial charge in [0.05, 0.1) is 19.3 Å². The fourth-order valence-electron chi connectivity index (χ4n) is 1.25. The summed E-state index contributed by atoms with van der Waals surface area (Å²) < 4.78 is 4.92. The van der Waals surface area contributed by atoms with Crippen molar-refractivity contribution in [3.63, 3.8) is 0 Å². The van der Waals surface area contributed by atoms with Gasteiger partial charge >= 0.3 is 11.9 Å². The number of aliphatic carboxylic acids is 1. The molecule has 0 radical (unpaired) electrons. The van der Waals surface area contributed by atoms with Crippen LogP contribution in [0.2, 0.25) is 0 Å². The topological polar surface area (TPSA) is 104 Å². The monoisotopic (exact) mass is 248 g/mol. The Hall–Kier alpha value is -1.14. The molecule has 0 aliphatic heterocycles. The Labute approximate surface area is 100 Å². The van der Waals surface area contributed by atoms with Gasteiger partial charge in [-0.05, 0) is 13.3 Å². The van der Waals surface area contributed by atoms with E-state index in [-0.39, 0.29) is 0 Å². The SMILES string of the molecule is CCCCC(C)OC(=O)C(CO)(CO)C(=O)O. The number of ether oxygens (including phenoxy) is 1. The van der Waals surface area contributed by atoms with E-state index < -0.39 is 36.7 Å². The second-order valence-corrected chi connectivity index (χ2v) is 4.06. The minimum atomic E-state index is -2.26. The normalized spacial score (nSPS) is 13.2. The van der Waals surface area contributed by atoms with Crippen molar-refractivity contribution in [3.8, 4) is 0 Å². The Bertz CT molecular complexity index is 259. The molecule has 1 atom stereocenters. The van der Waals surface area contributed by atoms with E-state index >= 15 is 0 Å². The predicted octanol–water partition coefficient (Wildman–Crippen LogP) is 0.164. The van der Waals surface area contributed by atoms with Gasteiger partial charge in [0.2, 0.25) is 5.41 Å². The molecule has 3 N–H and O–H groups in total. The molecule has 0 heterocycles. The summed E-state index contributed by atoms with van der Waals surface area (Å²) in [5.41, 5.74) is -2.26. The molecule has 100 valence electrons. The molecule has 0 aliphatic rings. The number of carbonyl (C=O) groups is 2. The van der Waals surface area contributed by atoms with Crippen LogP contribution in [0.5, 0.6) is 0 Å². The molecule has 6 nitrogen and oxygen atoms in total. The van der Waals surface area contributed by atoms with E-state index in [9.17, 15) is 9.59 Å². The Kier molecular flexibility index (Phi) is 6.75. The van der Waals surface area contributed by atoms with Crippen molar-refractivity contribution in [2.75, 3.05) is 13.2 Å². The predicted molar refractivity (Wildman–Crippen MR) is 59.3 cm³/mol. The third kappa shape index (κ3) is 3.98. The third-order valence-corrected chi connectivity index (χ3v) is 2.61. The van der Waals surface area contributed by atoms with Crippen LogP contribution in [0.3, 0.4) is 0 Å². The minimum Gasteiger partial charge on any atom is -0.480 e. The molecule has 6 heteroatoms. The van der Waals surface area contributed by atoms with E-state index in [0.29, 0.717) is 6.42 Å². The largest absolute Gasteiger partial charge is 0.480 e. The Morgan fingerprint density at radius 3 is 2.18 bits per heavy atom. The number of aliphatic hydroxyl groups excluding tert-OH is 2. The van der Waals surface area contributed by atoms with Crippen molar-refractivity contribution in [2.24, 2.45) is 5.41 Å². The van der Waals surface area contributed by atoms with Crippen LogP contribution in [0.25, 0.3) is 0 Å². The summed E-state index contributed by atoms with van der Waals surface area (Å²) in [6.07, 6.45) is 1.98. The van der Waals surface area contributed by atoms with Gasteiger partial charge in [0.25, 0.3) is 0 Å². The van der Waals surface area contributed by atoms with Gasteiger partial charge < -0.3 is 20.1 Å². The van der Waals surface area contributed by atoms with Crippen LogP contribution >= 0.6 is 0 Å². The van der Waals surface area contributed by atoms with E-state index in [1.54, 1.807) is 6.92 Å². The zero-order valence-corrected chi connectivity index (χ0v) is 10.2. The summed E-state index contributed by atoms with van der Waals surface area (Å²) in [6, 6.07) is 0. The number of unbranched alkanes of at least 4 members (excludes halogenated alkanes) is 1. The second kappa shape index (κ2) is 7.24. The fraction of sp³-hybridized carbons (Fsp3) is 0.818. The first-order valence-corrected chi connectivity index (χ1v) is 5.60. The molecular formula is C11H20O6. The van der Waals surface area contributed by atoms with Crippen LogP contribution in [0.4, 0.5) is 0 Å². The first-order valence-electron chi connectivity index (χ1n) is 5.60. The molecule has 0 aromatic heterocycles. The highest BCUT2D eigenvalue weighted by atomic mass is 16.5. The van der Waals surface area contributed by atoms with Gasteiger partial charge in [-0.25, -0.2) is 0 Å². The van der Waals surface area contributed by atoms with Crippen LogP contribution in [0.1, 0.15) is 33.1 Å². The molecule has 0 saturated heterocycles. The average molecular weight is 248 g/mol. The number of carbonyl (C=O) groups excluding carboxylic acids is 1. The molecule has 0 amide bonds. The lowest BCUT2D eigenvalue weighted by atomic mass is 9.90. The molecule has 1 unspecified atom stereocenters. The fourth-order valence-corrected chi connectivity index (χ4v) is 1.25. The minimum absolute atomic E-state index is 0.431. The van der Waals surface area contributed by atoms with Crippen molar-refractivity contribution in [3.05, 3.63) is 0 Å². The van der Waals surface area contributed by atoms with Gasteiger partial charge in [-0.2, -0.15) is 0 Å². The summed E-state index contributed by atoms with van der Waals surface area (Å²) in [4.78, 5) is 22.5. The molecule has 0 aromatic rings. The highest BCUT2D eigenvalue weighted by molar-refractivity contribution is 5.99. The van der Waals surface area contributed by atoms with Crippen molar-refractivity contribution in [2.45, 2.75) is 39.2 Å². The smallest absolute Gasteiger partial charge is 0.328 e. The molecule has 0 aromatic carbocycles. The highest BCUT2D eigenvalue weighted by Crippen LogP contribution is 2.20. The molecule has 0 spiro atoms. The van der Waals surface area contributed by atoms with Crippen LogP contribution in [0, 0.1) is 5.41 Å². The maximum Gasteiger partial charge on any atom is 0.328 e. The Morgan fingerprint density at radius 1 is 1.29 bits per heavy atom. The molecule has 0 aliphatic carbocycles. The number of hydrogen-bond donors (Lipinski definition) is 3. The zero-order chi connectivity index (χ0) is 13.5. The lowest BCUT2D eigenvalue weighted by molar-refractivity contribution is -0.178. The first kappa shape index (κ1) is 15.9. The molecule has 0 rings (SSSR count). The summed E-state index contributed by atoms with van der Waals surface area (Å²) in [6.45, 7) is 1.66. The Balaban J connectivity index is 4.59.